The molecule has 0 radical (unpaired) electrons. The topological polar surface area (TPSA) is 102 Å². The quantitative estimate of drug-likeness (QED) is 0.342. The van der Waals surface area contributed by atoms with Crippen molar-refractivity contribution in [1.82, 2.24) is 0 Å². The van der Waals surface area contributed by atoms with E-state index >= 15 is 0 Å². The molecule has 7 N–H and O–H groups in total. The van der Waals surface area contributed by atoms with Gasteiger partial charge in [0.25, 0.3) is 0 Å². The number of nitrogens with two attached hydrogens (primary N) is 3. The summed E-state index contributed by atoms with van der Waals surface area (Å²) in [6.45, 7) is 0. The van der Waals surface area contributed by atoms with Crippen LogP contribution in [-0.4, -0.2) is 0 Å². The minimum Gasteiger partial charge on any atom is -0.278 e. The Hall–Kier alpha value is 0.400. The van der Waals surface area contributed by atoms with Gasteiger partial charge < -0.3 is 0 Å². The fourth-order valence-corrected chi connectivity index (χ4v) is 0. The van der Waals surface area contributed by atoms with Gasteiger partial charge in [-0.05, 0) is 0 Å². The van der Waals surface area contributed by atoms with Crippen molar-refractivity contribution in [2.75, 3.05) is 0 Å². The van der Waals surface area contributed by atoms with Crippen molar-refractivity contribution in [2.45, 2.75) is 0 Å². The van der Waals surface area contributed by atoms with Gasteiger partial charge >= 0.3 is 0 Å². The largest absolute Gasteiger partial charge is 0.278 e. The standard InChI is InChI=1S/ClH.H7N4P/c;1-5(2,3)4/h1H;(H7,1,2,3,4). The Kier molecular flexibility index (Phi) is 4.10. The van der Waals surface area contributed by atoms with Crippen LogP contribution in [0, 0.1) is 5.16 Å². The number of rotatable bonds is 0. The molecule has 0 saturated heterocycles. The summed E-state index contributed by atoms with van der Waals surface area (Å²) in [6.07, 6.45) is 0. The van der Waals surface area contributed by atoms with E-state index in [0.717, 1.165) is 0 Å². The molecule has 0 rings (SSSR count). The van der Waals surface area contributed by atoms with Crippen LogP contribution in [0.2, 0.25) is 0 Å². The molecule has 0 unspecified atom stereocenters. The van der Waals surface area contributed by atoms with Crippen LogP contribution in [0.25, 0.3) is 0 Å². The van der Waals surface area contributed by atoms with E-state index in [0.29, 0.717) is 0 Å². The zero-order valence-electron chi connectivity index (χ0n) is 3.09. The van der Waals surface area contributed by atoms with Gasteiger partial charge in [0.15, 0.2) is 0 Å². The second kappa shape index (κ2) is 2.55. The lowest BCUT2D eigenvalue weighted by Gasteiger charge is -1.94. The first-order valence-electron chi connectivity index (χ1n) is 0.998. The number of hydrogen-bond acceptors (Lipinski definition) is 1. The maximum Gasteiger partial charge on any atom is 0.148 e. The van der Waals surface area contributed by atoms with Gasteiger partial charge in [-0.2, -0.15) is 0 Å². The molecule has 0 fully saturated rings. The van der Waals surface area contributed by atoms with Crippen LogP contribution in [-0.2, 0) is 0 Å². The van der Waals surface area contributed by atoms with Crippen LogP contribution in [0.3, 0.4) is 0 Å². The van der Waals surface area contributed by atoms with Crippen molar-refractivity contribution in [3.05, 3.63) is 0 Å². The average Bonchev–Trinajstić information content (AvgIpc) is 0.722. The summed E-state index contributed by atoms with van der Waals surface area (Å²) in [5, 5.41) is 6.38. The molecule has 0 saturated carbocycles. The molecule has 0 spiro atoms. The van der Waals surface area contributed by atoms with E-state index in [1.807, 2.05) is 0 Å². The second-order valence-corrected chi connectivity index (χ2v) is 2.50. The van der Waals surface area contributed by atoms with E-state index in [-0.39, 0.29) is 12.4 Å². The highest BCUT2D eigenvalue weighted by Crippen LogP contribution is 2.08. The van der Waals surface area contributed by atoms with Gasteiger partial charge in [-0.25, -0.2) is 0 Å². The molecule has 6 heteroatoms. The summed E-state index contributed by atoms with van der Waals surface area (Å²) in [5.41, 5.74) is 14.1. The smallest absolute Gasteiger partial charge is 0.148 e. The van der Waals surface area contributed by atoms with Gasteiger partial charge in [0, 0.05) is 0 Å². The predicted molar refractivity (Wildman–Crippen MR) is 29.4 cm³/mol. The first kappa shape index (κ1) is 9.64. The Labute approximate surface area is 42.5 Å². The van der Waals surface area contributed by atoms with Crippen molar-refractivity contribution in [3.8, 4) is 0 Å². The molecule has 0 bridgehead atoms. The molecule has 0 aromatic heterocycles. The van der Waals surface area contributed by atoms with E-state index in [4.69, 9.17) is 5.16 Å². The first-order chi connectivity index (χ1) is 2.00. The van der Waals surface area contributed by atoms with Crippen LogP contribution in [0.5, 0.6) is 0 Å². The number of nitrogens with one attached hydrogen (secondary N) is 1. The fraction of sp³-hybridized carbons (Fsp3) is 0. The molecule has 4 nitrogen and oxygen atoms in total. The minimum atomic E-state index is -2.64. The lowest BCUT2D eigenvalue weighted by molar-refractivity contribution is 1.47. The highest BCUT2D eigenvalue weighted by atomic mass is 35.5. The fourth-order valence-electron chi connectivity index (χ4n) is 0. The van der Waals surface area contributed by atoms with Crippen molar-refractivity contribution >= 4 is 19.9 Å². The molecule has 6 heavy (non-hydrogen) atoms. The van der Waals surface area contributed by atoms with Crippen LogP contribution in [0.4, 0.5) is 0 Å². The molecule has 40 valence electrons. The van der Waals surface area contributed by atoms with Crippen molar-refractivity contribution in [3.63, 3.8) is 0 Å². The molecule has 0 heterocycles. The maximum atomic E-state index is 6.38. The Balaban J connectivity index is 0. The summed E-state index contributed by atoms with van der Waals surface area (Å²) in [6, 6.07) is 0. The summed E-state index contributed by atoms with van der Waals surface area (Å²) >= 11 is 0. The summed E-state index contributed by atoms with van der Waals surface area (Å²) in [7, 11) is -2.64. The van der Waals surface area contributed by atoms with Crippen LogP contribution in [0.1, 0.15) is 0 Å². The van der Waals surface area contributed by atoms with Gasteiger partial charge in [-0.3, -0.25) is 21.7 Å². The summed E-state index contributed by atoms with van der Waals surface area (Å²) in [5.74, 6) is 0. The predicted octanol–water partition coefficient (Wildman–Crippen LogP) is -0.191. The molecule has 0 amide bonds. The molecule has 0 aromatic carbocycles. The lowest BCUT2D eigenvalue weighted by Crippen LogP contribution is -2.11. The molecule has 0 atom stereocenters. The van der Waals surface area contributed by atoms with Crippen molar-refractivity contribution in [2.24, 2.45) is 16.5 Å². The van der Waals surface area contributed by atoms with Gasteiger partial charge in [0.1, 0.15) is 7.51 Å². The zero-order chi connectivity index (χ0) is 4.50. The second-order valence-electron chi connectivity index (χ2n) is 0.835. The third-order valence-corrected chi connectivity index (χ3v) is 0. The molecular weight excluding hydrogens is 122 g/mol. The van der Waals surface area contributed by atoms with Crippen LogP contribution < -0.4 is 16.5 Å². The monoisotopic (exact) mass is 130 g/mol. The highest BCUT2D eigenvalue weighted by molar-refractivity contribution is 7.57. The van der Waals surface area contributed by atoms with Gasteiger partial charge in [0.05, 0.1) is 0 Å². The van der Waals surface area contributed by atoms with E-state index in [2.05, 4.69) is 16.5 Å². The summed E-state index contributed by atoms with van der Waals surface area (Å²) in [4.78, 5) is 0. The maximum absolute atomic E-state index is 6.38. The molecule has 0 aliphatic rings. The van der Waals surface area contributed by atoms with Gasteiger partial charge in [-0.1, -0.05) is 0 Å². The molecule has 0 aliphatic heterocycles. The number of halogens is 1. The SMILES string of the molecule is Cl.N=P(N)(N)N. The van der Waals surface area contributed by atoms with Gasteiger partial charge in [-0.15, -0.1) is 12.4 Å². The lowest BCUT2D eigenvalue weighted by atomic mass is 13.8. The Morgan fingerprint density at radius 1 is 1.17 bits per heavy atom. The van der Waals surface area contributed by atoms with Crippen LogP contribution in [0.15, 0.2) is 0 Å². The molecule has 0 aliphatic carbocycles. The third-order valence-electron chi connectivity index (χ3n) is 0. The Morgan fingerprint density at radius 3 is 1.17 bits per heavy atom. The molecular formula is H8ClN4P. The van der Waals surface area contributed by atoms with Gasteiger partial charge in [0.2, 0.25) is 0 Å². The summed E-state index contributed by atoms with van der Waals surface area (Å²) < 4.78 is 0. The van der Waals surface area contributed by atoms with Crippen molar-refractivity contribution in [1.29, 1.82) is 5.16 Å². The van der Waals surface area contributed by atoms with Crippen molar-refractivity contribution < 1.29 is 0 Å². The first-order valence-corrected chi connectivity index (χ1v) is 2.99. The zero-order valence-corrected chi connectivity index (χ0v) is 4.80. The van der Waals surface area contributed by atoms with E-state index in [9.17, 15) is 0 Å². The highest BCUT2D eigenvalue weighted by Gasteiger charge is 1.82. The molecule has 0 aromatic rings. The van der Waals surface area contributed by atoms with E-state index < -0.39 is 7.51 Å². The van der Waals surface area contributed by atoms with E-state index in [1.54, 1.807) is 0 Å². The average molecular weight is 131 g/mol. The normalized spacial score (nSPS) is 9.83. The Morgan fingerprint density at radius 2 is 1.17 bits per heavy atom. The van der Waals surface area contributed by atoms with E-state index in [1.165, 1.54) is 0 Å². The Bertz CT molecular complexity index is 53.7. The minimum absolute atomic E-state index is 0. The third kappa shape index (κ3) is 318. The van der Waals surface area contributed by atoms with Crippen LogP contribution >= 0.6 is 19.9 Å². The number of hydrogen-bond donors (Lipinski definition) is 4.